The molecule has 1 aliphatic carbocycles. The molecule has 2 unspecified atom stereocenters. The van der Waals surface area contributed by atoms with Crippen LogP contribution in [0.4, 0.5) is 0 Å². The molecule has 110 valence electrons. The molecular formula is C19H22BrN. The molecule has 1 N–H and O–H groups in total. The molecule has 2 atom stereocenters. The number of halogens is 1. The molecule has 1 nitrogen and oxygen atoms in total. The molecule has 2 aromatic rings. The minimum Gasteiger partial charge on any atom is -0.307 e. The minimum atomic E-state index is 0.410. The van der Waals surface area contributed by atoms with E-state index in [1.165, 1.54) is 39.6 Å². The zero-order valence-electron chi connectivity index (χ0n) is 12.7. The number of benzene rings is 2. The van der Waals surface area contributed by atoms with Crippen LogP contribution in [0.5, 0.6) is 0 Å². The standard InChI is InChI=1S/C19H22BrN/c1-13-3-5-15(6-4-13)14(2)21-19-10-8-16-11-18(20)9-7-17(16)12-19/h3-7,9,11,14,19,21H,8,10,12H2,1-2H3. The van der Waals surface area contributed by atoms with Gasteiger partial charge in [-0.05, 0) is 61.9 Å². The first-order valence-electron chi connectivity index (χ1n) is 7.72. The Hall–Kier alpha value is -1.12. The Labute approximate surface area is 135 Å². The number of hydrogen-bond donors (Lipinski definition) is 1. The Bertz CT molecular complexity index is 618. The average Bonchev–Trinajstić information content (AvgIpc) is 2.48. The van der Waals surface area contributed by atoms with Crippen LogP contribution >= 0.6 is 15.9 Å². The van der Waals surface area contributed by atoms with Crippen LogP contribution in [0, 0.1) is 6.92 Å². The van der Waals surface area contributed by atoms with Crippen molar-refractivity contribution < 1.29 is 0 Å². The van der Waals surface area contributed by atoms with Gasteiger partial charge in [-0.1, -0.05) is 51.8 Å². The fraction of sp³-hybridized carbons (Fsp3) is 0.368. The van der Waals surface area contributed by atoms with E-state index in [2.05, 4.69) is 77.6 Å². The van der Waals surface area contributed by atoms with Crippen molar-refractivity contribution in [2.75, 3.05) is 0 Å². The molecule has 0 aliphatic heterocycles. The van der Waals surface area contributed by atoms with E-state index < -0.39 is 0 Å². The molecule has 0 radical (unpaired) electrons. The van der Waals surface area contributed by atoms with Crippen LogP contribution in [-0.2, 0) is 12.8 Å². The van der Waals surface area contributed by atoms with E-state index in [9.17, 15) is 0 Å². The predicted molar refractivity (Wildman–Crippen MR) is 92.7 cm³/mol. The number of hydrogen-bond acceptors (Lipinski definition) is 1. The first kappa shape index (κ1) is 14.8. The summed E-state index contributed by atoms with van der Waals surface area (Å²) in [4.78, 5) is 0. The zero-order chi connectivity index (χ0) is 14.8. The summed E-state index contributed by atoms with van der Waals surface area (Å²) in [5, 5.41) is 3.80. The van der Waals surface area contributed by atoms with Crippen molar-refractivity contribution in [1.82, 2.24) is 5.32 Å². The summed E-state index contributed by atoms with van der Waals surface area (Å²) in [6.07, 6.45) is 3.53. The van der Waals surface area contributed by atoms with Crippen molar-refractivity contribution >= 4 is 15.9 Å². The summed E-state index contributed by atoms with van der Waals surface area (Å²) in [6, 6.07) is 16.6. The van der Waals surface area contributed by atoms with Crippen molar-refractivity contribution in [2.24, 2.45) is 0 Å². The third kappa shape index (κ3) is 3.56. The Morgan fingerprint density at radius 1 is 1.10 bits per heavy atom. The Kier molecular flexibility index (Phi) is 4.46. The van der Waals surface area contributed by atoms with E-state index in [-0.39, 0.29) is 0 Å². The van der Waals surface area contributed by atoms with Crippen molar-refractivity contribution in [2.45, 2.75) is 45.2 Å². The van der Waals surface area contributed by atoms with Gasteiger partial charge in [-0.15, -0.1) is 0 Å². The van der Waals surface area contributed by atoms with E-state index in [4.69, 9.17) is 0 Å². The van der Waals surface area contributed by atoms with Gasteiger partial charge < -0.3 is 5.32 Å². The lowest BCUT2D eigenvalue weighted by molar-refractivity contribution is 0.413. The second-order valence-electron chi connectivity index (χ2n) is 6.15. The summed E-state index contributed by atoms with van der Waals surface area (Å²) >= 11 is 3.57. The second kappa shape index (κ2) is 6.33. The Balaban J connectivity index is 1.66. The topological polar surface area (TPSA) is 12.0 Å². The molecule has 2 heteroatoms. The zero-order valence-corrected chi connectivity index (χ0v) is 14.3. The molecule has 0 saturated carbocycles. The van der Waals surface area contributed by atoms with Gasteiger partial charge in [-0.3, -0.25) is 0 Å². The lowest BCUT2D eigenvalue weighted by Gasteiger charge is -2.29. The van der Waals surface area contributed by atoms with Crippen molar-refractivity contribution in [3.8, 4) is 0 Å². The fourth-order valence-electron chi connectivity index (χ4n) is 3.17. The quantitative estimate of drug-likeness (QED) is 0.829. The van der Waals surface area contributed by atoms with Crippen molar-refractivity contribution in [3.05, 3.63) is 69.2 Å². The minimum absolute atomic E-state index is 0.410. The van der Waals surface area contributed by atoms with Crippen LogP contribution in [0.1, 0.15) is 41.6 Å². The predicted octanol–water partition coefficient (Wildman–Crippen LogP) is 4.97. The van der Waals surface area contributed by atoms with Gasteiger partial charge in [-0.25, -0.2) is 0 Å². The van der Waals surface area contributed by atoms with Crippen LogP contribution < -0.4 is 5.32 Å². The highest BCUT2D eigenvalue weighted by Gasteiger charge is 2.20. The van der Waals surface area contributed by atoms with E-state index in [0.717, 1.165) is 6.42 Å². The van der Waals surface area contributed by atoms with Gasteiger partial charge in [0.2, 0.25) is 0 Å². The molecule has 1 aliphatic rings. The molecule has 0 saturated heterocycles. The normalized spacial score (nSPS) is 19.1. The lowest BCUT2D eigenvalue weighted by Crippen LogP contribution is -2.36. The maximum atomic E-state index is 3.80. The van der Waals surface area contributed by atoms with Crippen LogP contribution in [-0.4, -0.2) is 6.04 Å². The number of rotatable bonds is 3. The van der Waals surface area contributed by atoms with E-state index in [0.29, 0.717) is 12.1 Å². The van der Waals surface area contributed by atoms with Crippen LogP contribution in [0.25, 0.3) is 0 Å². The smallest absolute Gasteiger partial charge is 0.0294 e. The summed E-state index contributed by atoms with van der Waals surface area (Å²) < 4.78 is 1.20. The van der Waals surface area contributed by atoms with Gasteiger partial charge in [0.25, 0.3) is 0 Å². The average molecular weight is 344 g/mol. The molecule has 21 heavy (non-hydrogen) atoms. The number of fused-ring (bicyclic) bond motifs is 1. The van der Waals surface area contributed by atoms with Gasteiger partial charge in [0.1, 0.15) is 0 Å². The first-order chi connectivity index (χ1) is 10.1. The van der Waals surface area contributed by atoms with Gasteiger partial charge in [0.05, 0.1) is 0 Å². The second-order valence-corrected chi connectivity index (χ2v) is 7.07. The van der Waals surface area contributed by atoms with Gasteiger partial charge in [-0.2, -0.15) is 0 Å². The van der Waals surface area contributed by atoms with Gasteiger partial charge >= 0.3 is 0 Å². The van der Waals surface area contributed by atoms with Crippen molar-refractivity contribution in [1.29, 1.82) is 0 Å². The van der Waals surface area contributed by atoms with E-state index in [1.807, 2.05) is 0 Å². The molecule has 0 bridgehead atoms. The van der Waals surface area contributed by atoms with Crippen molar-refractivity contribution in [3.63, 3.8) is 0 Å². The largest absolute Gasteiger partial charge is 0.307 e. The highest BCUT2D eigenvalue weighted by Crippen LogP contribution is 2.26. The summed E-state index contributed by atoms with van der Waals surface area (Å²) in [6.45, 7) is 4.40. The highest BCUT2D eigenvalue weighted by atomic mass is 79.9. The molecule has 0 heterocycles. The number of nitrogens with one attached hydrogen (secondary N) is 1. The van der Waals surface area contributed by atoms with Crippen LogP contribution in [0.15, 0.2) is 46.9 Å². The highest BCUT2D eigenvalue weighted by molar-refractivity contribution is 9.10. The number of aryl methyl sites for hydroxylation is 2. The molecule has 0 amide bonds. The Morgan fingerprint density at radius 2 is 1.86 bits per heavy atom. The third-order valence-electron chi connectivity index (χ3n) is 4.46. The molecule has 0 spiro atoms. The monoisotopic (exact) mass is 343 g/mol. The molecular weight excluding hydrogens is 322 g/mol. The van der Waals surface area contributed by atoms with E-state index in [1.54, 1.807) is 0 Å². The summed E-state index contributed by atoms with van der Waals surface area (Å²) in [5.41, 5.74) is 5.70. The van der Waals surface area contributed by atoms with Gasteiger partial charge in [0, 0.05) is 16.6 Å². The maximum absolute atomic E-state index is 3.80. The molecule has 3 rings (SSSR count). The lowest BCUT2D eigenvalue weighted by atomic mass is 9.88. The third-order valence-corrected chi connectivity index (χ3v) is 4.95. The first-order valence-corrected chi connectivity index (χ1v) is 8.51. The summed E-state index contributed by atoms with van der Waals surface area (Å²) in [5.74, 6) is 0. The van der Waals surface area contributed by atoms with E-state index >= 15 is 0 Å². The van der Waals surface area contributed by atoms with Crippen LogP contribution in [0.3, 0.4) is 0 Å². The van der Waals surface area contributed by atoms with Crippen LogP contribution in [0.2, 0.25) is 0 Å². The Morgan fingerprint density at radius 3 is 2.62 bits per heavy atom. The van der Waals surface area contributed by atoms with Gasteiger partial charge in [0.15, 0.2) is 0 Å². The fourth-order valence-corrected chi connectivity index (χ4v) is 3.58. The molecule has 2 aromatic carbocycles. The SMILES string of the molecule is Cc1ccc(C(C)NC2CCc3cc(Br)ccc3C2)cc1. The molecule has 0 aromatic heterocycles. The molecule has 0 fully saturated rings. The summed E-state index contributed by atoms with van der Waals surface area (Å²) in [7, 11) is 0. The maximum Gasteiger partial charge on any atom is 0.0294 e.